The quantitative estimate of drug-likeness (QED) is 0.201. The van der Waals surface area contributed by atoms with Gasteiger partial charge in [-0.15, -0.1) is 0 Å². The molecule has 0 aromatic carbocycles. The highest BCUT2D eigenvalue weighted by Gasteiger charge is 2.54. The van der Waals surface area contributed by atoms with Crippen molar-refractivity contribution in [3.63, 3.8) is 0 Å². The highest BCUT2D eigenvalue weighted by atomic mass is 19.3. The summed E-state index contributed by atoms with van der Waals surface area (Å²) in [6.07, 6.45) is 27.1. The molecule has 42 heavy (non-hydrogen) atoms. The first-order chi connectivity index (χ1) is 19.6. The molecule has 5 fully saturated rings. The zero-order valence-electron chi connectivity index (χ0n) is 29.2. The van der Waals surface area contributed by atoms with E-state index in [0.29, 0.717) is 27.6 Å². The summed E-state index contributed by atoms with van der Waals surface area (Å²) in [6.45, 7) is 18.4. The van der Waals surface area contributed by atoms with E-state index in [4.69, 9.17) is 0 Å². The van der Waals surface area contributed by atoms with Gasteiger partial charge in [0.25, 0.3) is 0 Å². The second kappa shape index (κ2) is 12.2. The molecule has 0 spiro atoms. The minimum atomic E-state index is -2.43. The average molecular weight is 589 g/mol. The molecule has 0 aliphatic heterocycles. The van der Waals surface area contributed by atoms with E-state index < -0.39 is 5.92 Å². The Hall–Kier alpha value is -0.140. The topological polar surface area (TPSA) is 0 Å². The molecule has 0 saturated heterocycles. The number of hydrogen-bond acceptors (Lipinski definition) is 0. The summed E-state index contributed by atoms with van der Waals surface area (Å²) >= 11 is 0. The lowest BCUT2D eigenvalue weighted by Crippen LogP contribution is -2.47. The van der Waals surface area contributed by atoms with Gasteiger partial charge < -0.3 is 0 Å². The molecule has 0 amide bonds. The molecule has 3 atom stereocenters. The van der Waals surface area contributed by atoms with Crippen LogP contribution >= 0.6 is 0 Å². The largest absolute Gasteiger partial charge is 0.248 e. The number of alkyl halides is 2. The van der Waals surface area contributed by atoms with Crippen LogP contribution in [0.5, 0.6) is 0 Å². The van der Waals surface area contributed by atoms with Crippen LogP contribution in [0, 0.1) is 56.7 Å². The van der Waals surface area contributed by atoms with Gasteiger partial charge in [0.05, 0.1) is 0 Å². The fraction of sp³-hybridized carbons (Fsp3) is 1.00. The molecular formula is C40H70F2. The predicted molar refractivity (Wildman–Crippen MR) is 176 cm³/mol. The van der Waals surface area contributed by atoms with Crippen molar-refractivity contribution in [2.45, 2.75) is 196 Å². The van der Waals surface area contributed by atoms with Crippen molar-refractivity contribution >= 4 is 0 Å². The predicted octanol–water partition coefficient (Wildman–Crippen LogP) is 13.4. The SMILES string of the molecule is CC(C)(CC(C)(CC(C)(CC(C)(CC(C)(C)C1CCC(F)(F)CC1)C1CCCCC1)C1CCCC1)C1CCC1)C1CC1. The Morgan fingerprint density at radius 3 is 1.10 bits per heavy atom. The zero-order valence-corrected chi connectivity index (χ0v) is 29.2. The van der Waals surface area contributed by atoms with Gasteiger partial charge in [-0.05, 0) is 147 Å². The van der Waals surface area contributed by atoms with Gasteiger partial charge >= 0.3 is 0 Å². The van der Waals surface area contributed by atoms with Crippen molar-refractivity contribution in [1.29, 1.82) is 0 Å². The van der Waals surface area contributed by atoms with Gasteiger partial charge in [0.1, 0.15) is 0 Å². The molecule has 5 saturated carbocycles. The average Bonchev–Trinajstić information content (AvgIpc) is 3.57. The van der Waals surface area contributed by atoms with E-state index >= 15 is 0 Å². The van der Waals surface area contributed by atoms with Crippen LogP contribution in [0.15, 0.2) is 0 Å². The molecular weight excluding hydrogens is 518 g/mol. The van der Waals surface area contributed by atoms with Crippen LogP contribution in [-0.4, -0.2) is 5.92 Å². The molecule has 5 rings (SSSR count). The smallest absolute Gasteiger partial charge is 0.207 e. The van der Waals surface area contributed by atoms with Gasteiger partial charge in [0.2, 0.25) is 5.92 Å². The van der Waals surface area contributed by atoms with E-state index in [1.807, 2.05) is 0 Å². The lowest BCUT2D eigenvalue weighted by molar-refractivity contribution is -0.0813. The first kappa shape index (κ1) is 33.2. The van der Waals surface area contributed by atoms with Crippen molar-refractivity contribution in [2.75, 3.05) is 0 Å². The third-order valence-corrected chi connectivity index (χ3v) is 14.9. The molecule has 0 heterocycles. The normalized spacial score (nSPS) is 29.9. The first-order valence-electron chi connectivity index (χ1n) is 18.9. The van der Waals surface area contributed by atoms with Crippen molar-refractivity contribution in [2.24, 2.45) is 56.7 Å². The standard InChI is InChI=1S/C40H70F2/c1-35(2,30-20-21-30)26-38(6,34-18-13-19-34)29-39(7,33-16-11-12-17-33)28-37(5,32-14-9-8-10-15-32)27-36(3,4)31-22-24-40(41,42)25-23-31/h30-34H,8-29H2,1-7H3. The van der Waals surface area contributed by atoms with Crippen molar-refractivity contribution < 1.29 is 8.78 Å². The summed E-state index contributed by atoms with van der Waals surface area (Å²) in [5, 5.41) is 0. The van der Waals surface area contributed by atoms with Crippen LogP contribution < -0.4 is 0 Å². The molecule has 3 unspecified atom stereocenters. The van der Waals surface area contributed by atoms with E-state index in [1.54, 1.807) is 0 Å². The van der Waals surface area contributed by atoms with Crippen LogP contribution in [0.3, 0.4) is 0 Å². The Morgan fingerprint density at radius 1 is 0.405 bits per heavy atom. The molecule has 0 bridgehead atoms. The molecule has 5 aliphatic carbocycles. The van der Waals surface area contributed by atoms with Gasteiger partial charge in [-0.3, -0.25) is 0 Å². The number of hydrogen-bond donors (Lipinski definition) is 0. The van der Waals surface area contributed by atoms with Gasteiger partial charge in [-0.1, -0.05) is 87.0 Å². The second-order valence-electron chi connectivity index (χ2n) is 19.5. The molecule has 0 nitrogen and oxygen atoms in total. The Bertz CT molecular complexity index is 873. The summed E-state index contributed by atoms with van der Waals surface area (Å²) < 4.78 is 28.4. The van der Waals surface area contributed by atoms with Crippen LogP contribution in [0.1, 0.15) is 190 Å². The molecule has 5 aliphatic rings. The summed E-state index contributed by atoms with van der Waals surface area (Å²) in [7, 11) is 0. The monoisotopic (exact) mass is 589 g/mol. The summed E-state index contributed by atoms with van der Waals surface area (Å²) in [4.78, 5) is 0. The van der Waals surface area contributed by atoms with Crippen LogP contribution in [0.25, 0.3) is 0 Å². The summed E-state index contributed by atoms with van der Waals surface area (Å²) in [6, 6.07) is 0. The number of halogens is 2. The summed E-state index contributed by atoms with van der Waals surface area (Å²) in [5.74, 6) is 1.54. The maximum Gasteiger partial charge on any atom is 0.248 e. The van der Waals surface area contributed by atoms with Crippen molar-refractivity contribution in [3.8, 4) is 0 Å². The maximum atomic E-state index is 14.2. The lowest BCUT2D eigenvalue weighted by Gasteiger charge is -2.56. The minimum Gasteiger partial charge on any atom is -0.207 e. The molecule has 0 radical (unpaired) electrons. The molecule has 0 N–H and O–H groups in total. The third-order valence-electron chi connectivity index (χ3n) is 14.9. The van der Waals surface area contributed by atoms with E-state index in [0.717, 1.165) is 36.5 Å². The van der Waals surface area contributed by atoms with E-state index in [1.165, 1.54) is 116 Å². The Morgan fingerprint density at radius 2 is 0.738 bits per heavy atom. The minimum absolute atomic E-state index is 0.109. The zero-order chi connectivity index (χ0) is 30.4. The highest BCUT2D eigenvalue weighted by molar-refractivity contribution is 5.04. The van der Waals surface area contributed by atoms with Crippen LogP contribution in [-0.2, 0) is 0 Å². The van der Waals surface area contributed by atoms with Crippen molar-refractivity contribution in [1.82, 2.24) is 0 Å². The van der Waals surface area contributed by atoms with E-state index in [-0.39, 0.29) is 18.3 Å². The molecule has 0 aromatic rings. The van der Waals surface area contributed by atoms with Gasteiger partial charge in [0, 0.05) is 12.8 Å². The van der Waals surface area contributed by atoms with Crippen LogP contribution in [0.4, 0.5) is 8.78 Å². The first-order valence-corrected chi connectivity index (χ1v) is 18.9. The Labute approximate surface area is 260 Å². The van der Waals surface area contributed by atoms with Crippen LogP contribution in [0.2, 0.25) is 0 Å². The van der Waals surface area contributed by atoms with Crippen molar-refractivity contribution in [3.05, 3.63) is 0 Å². The van der Waals surface area contributed by atoms with Gasteiger partial charge in [-0.2, -0.15) is 0 Å². The molecule has 244 valence electrons. The van der Waals surface area contributed by atoms with Gasteiger partial charge in [-0.25, -0.2) is 8.78 Å². The second-order valence-corrected chi connectivity index (χ2v) is 19.5. The lowest BCUT2D eigenvalue weighted by atomic mass is 9.49. The Kier molecular flexibility index (Phi) is 9.68. The molecule has 0 aromatic heterocycles. The van der Waals surface area contributed by atoms with E-state index in [9.17, 15) is 8.78 Å². The number of rotatable bonds is 13. The highest BCUT2D eigenvalue weighted by Crippen LogP contribution is 2.64. The fourth-order valence-electron chi connectivity index (χ4n) is 12.5. The van der Waals surface area contributed by atoms with Gasteiger partial charge in [0.15, 0.2) is 0 Å². The maximum absolute atomic E-state index is 14.2. The van der Waals surface area contributed by atoms with E-state index in [2.05, 4.69) is 48.5 Å². The fourth-order valence-corrected chi connectivity index (χ4v) is 12.5. The summed E-state index contributed by atoms with van der Waals surface area (Å²) in [5.41, 5.74) is 1.72. The molecule has 2 heteroatoms. The third kappa shape index (κ3) is 7.45. The Balaban J connectivity index is 1.44.